The zero-order valence-corrected chi connectivity index (χ0v) is 66.6. The molecule has 4 spiro atoms. The van der Waals surface area contributed by atoms with E-state index < -0.39 is 75.5 Å². The van der Waals surface area contributed by atoms with Gasteiger partial charge in [0, 0.05) is 90.2 Å². The van der Waals surface area contributed by atoms with E-state index in [-0.39, 0.29) is 79.1 Å². The number of nitrogens with zero attached hydrogens (tertiary/aromatic N) is 8. The van der Waals surface area contributed by atoms with Crippen LogP contribution < -0.4 is 10.6 Å². The molecule has 2 aliphatic carbocycles. The molecule has 15 nitrogen and oxygen atoms in total. The summed E-state index contributed by atoms with van der Waals surface area (Å²) in [6, 6.07) is 32.0. The van der Waals surface area contributed by atoms with E-state index >= 15 is 0 Å². The first-order chi connectivity index (χ1) is 53.3. The van der Waals surface area contributed by atoms with Crippen LogP contribution in [0.25, 0.3) is 0 Å². The van der Waals surface area contributed by atoms with Crippen molar-refractivity contribution in [2.45, 2.75) is 133 Å². The van der Waals surface area contributed by atoms with Gasteiger partial charge in [-0.25, -0.2) is 55.2 Å². The quantitative estimate of drug-likeness (QED) is 0.120. The second-order valence-corrected chi connectivity index (χ2v) is 39.5. The Morgan fingerprint density at radius 1 is 0.495 bits per heavy atom. The lowest BCUT2D eigenvalue weighted by molar-refractivity contribution is -0.140. The largest absolute Gasteiger partial charge is 0.316 e. The van der Waals surface area contributed by atoms with Gasteiger partial charge in [0.25, 0.3) is 5.91 Å². The van der Waals surface area contributed by atoms with E-state index in [2.05, 4.69) is 54.9 Å². The smallest absolute Gasteiger partial charge is 0.261 e. The lowest BCUT2D eigenvalue weighted by Gasteiger charge is -2.40. The minimum absolute atomic E-state index is 0.00142. The van der Waals surface area contributed by atoms with E-state index in [1.54, 1.807) is 57.0 Å². The van der Waals surface area contributed by atoms with E-state index in [9.17, 15) is 58.5 Å². The molecule has 7 unspecified atom stereocenters. The Morgan fingerprint density at radius 3 is 1.40 bits per heavy atom. The van der Waals surface area contributed by atoms with Gasteiger partial charge in [0.2, 0.25) is 17.7 Å². The standard InChI is InChI=1S/2C21H21F2N3OS2.C19H16F2N2O2S2.C19H16F2N2OS2/c22-14-5-6-17(23)15(11-14)19-25-26(20(27)13-3-2-9-24-12-13)21(29-19)8-1-4-18-16(21)7-10-28-18;22-13-6-7-16(23)14(12-13)19-25-26(20(27)17-4-1-2-10-24-17)21(29-19)9-3-5-18-15(21)8-11-28-18;1-12(24)23-19(9-10-27(2,25)17-6-4-3-5-15(17)19)26-18(22-23)14-11-13(20)7-8-16(14)21;1-12(24)23-19(9-10-26(2)17-6-4-3-5-15(17)19)25-18(22-23)14-11-13(20)7-8-16(14)21/h5-7,10-11,13,24H,1-4,8-9,12H2;6-8,11-12,17,24H,1-5,9-10H2;3-8,11H,2,9-10H2,1H3;3-8,11H,2,9-10H2,1H3/t;17-,21?;;/m.0../s1. The fourth-order valence-electron chi connectivity index (χ4n) is 15.7. The first-order valence-electron chi connectivity index (χ1n) is 36.2. The van der Waals surface area contributed by atoms with Crippen molar-refractivity contribution in [1.29, 1.82) is 0 Å². The Bertz CT molecular complexity index is 5180. The molecule has 10 aliphatic rings. The number of hydrazone groups is 4. The van der Waals surface area contributed by atoms with Gasteiger partial charge in [-0.1, -0.05) is 95.7 Å². The number of piperidine rings is 2. The molecule has 2 aromatic heterocycles. The van der Waals surface area contributed by atoms with Crippen LogP contribution in [0.1, 0.15) is 139 Å². The van der Waals surface area contributed by atoms with Crippen LogP contribution in [0.2, 0.25) is 0 Å². The van der Waals surface area contributed by atoms with Crippen LogP contribution in [0.4, 0.5) is 35.1 Å². The Labute approximate surface area is 664 Å². The molecule has 18 rings (SSSR count). The third-order valence-corrected chi connectivity index (χ3v) is 32.4. The van der Waals surface area contributed by atoms with E-state index in [1.807, 2.05) is 35.0 Å². The van der Waals surface area contributed by atoms with E-state index in [4.69, 9.17) is 0 Å². The number of nitrogens with one attached hydrogen (secondary N) is 2. The highest BCUT2D eigenvalue weighted by molar-refractivity contribution is 8.17. The molecule has 2 fully saturated rings. The summed E-state index contributed by atoms with van der Waals surface area (Å²) in [5.74, 6) is 3.97. The normalized spacial score (nSPS) is 26.1. The number of thiophene rings is 2. The van der Waals surface area contributed by atoms with Crippen molar-refractivity contribution < 1.29 is 58.5 Å². The van der Waals surface area contributed by atoms with E-state index in [0.29, 0.717) is 45.0 Å². The number of rotatable bonds is 6. The van der Waals surface area contributed by atoms with Gasteiger partial charge in [0.15, 0.2) is 0 Å². The highest BCUT2D eigenvalue weighted by Crippen LogP contribution is 2.60. The maximum absolute atomic E-state index is 14.5. The number of benzene rings is 6. The number of amides is 4. The lowest BCUT2D eigenvalue weighted by Crippen LogP contribution is -2.52. The van der Waals surface area contributed by atoms with Gasteiger partial charge in [0.05, 0.1) is 12.0 Å². The molecule has 6 aromatic carbocycles. The Balaban J connectivity index is 0.000000117. The maximum atomic E-state index is 14.5. The van der Waals surface area contributed by atoms with Gasteiger partial charge < -0.3 is 10.6 Å². The monoisotopic (exact) mass is 1660 g/mol. The number of fused-ring (bicyclic) bond motifs is 8. The summed E-state index contributed by atoms with van der Waals surface area (Å²) < 4.78 is 126. The maximum Gasteiger partial charge on any atom is 0.261 e. The molecular formula is C80H74F8N10O5S8. The summed E-state index contributed by atoms with van der Waals surface area (Å²) >= 11 is 8.65. The summed E-state index contributed by atoms with van der Waals surface area (Å²) in [6.07, 6.45) is 10.9. The minimum atomic E-state index is -2.49. The number of hydrogen-bond acceptors (Lipinski definition) is 17. The average Bonchev–Trinajstić information content (AvgIpc) is 1.63. The van der Waals surface area contributed by atoms with Crippen LogP contribution >= 0.6 is 80.2 Å². The molecule has 0 radical (unpaired) electrons. The molecule has 8 aromatic rings. The first-order valence-corrected chi connectivity index (χ1v) is 44.7. The second-order valence-electron chi connectivity index (χ2n) is 28.1. The van der Waals surface area contributed by atoms with Crippen LogP contribution in [-0.4, -0.2) is 117 Å². The first kappa shape index (κ1) is 78.6. The van der Waals surface area contributed by atoms with Crippen molar-refractivity contribution in [2.24, 2.45) is 26.3 Å². The molecule has 0 saturated carbocycles. The van der Waals surface area contributed by atoms with Crippen molar-refractivity contribution in [3.05, 3.63) is 245 Å². The summed E-state index contributed by atoms with van der Waals surface area (Å²) in [5.41, 5.74) is 4.13. The molecule has 10 heterocycles. The van der Waals surface area contributed by atoms with Gasteiger partial charge in [-0.05, 0) is 219 Å². The van der Waals surface area contributed by atoms with E-state index in [1.165, 1.54) is 92.8 Å². The molecular weight excluding hydrogens is 1590 g/mol. The third-order valence-electron chi connectivity index (χ3n) is 21.1. The van der Waals surface area contributed by atoms with Crippen molar-refractivity contribution >= 4 is 145 Å². The van der Waals surface area contributed by atoms with Gasteiger partial charge in [-0.15, -0.1) is 22.7 Å². The molecule has 111 heavy (non-hydrogen) atoms. The predicted molar refractivity (Wildman–Crippen MR) is 431 cm³/mol. The summed E-state index contributed by atoms with van der Waals surface area (Å²) in [5, 5.41) is 35.8. The predicted octanol–water partition coefficient (Wildman–Crippen LogP) is 17.1. The van der Waals surface area contributed by atoms with Gasteiger partial charge in [-0.2, -0.15) is 30.9 Å². The van der Waals surface area contributed by atoms with Crippen LogP contribution in [0.5, 0.6) is 0 Å². The Hall–Kier alpha value is -7.72. The Morgan fingerprint density at radius 2 is 0.937 bits per heavy atom. The van der Waals surface area contributed by atoms with E-state index in [0.717, 1.165) is 172 Å². The van der Waals surface area contributed by atoms with Crippen molar-refractivity contribution in [1.82, 2.24) is 30.7 Å². The zero-order chi connectivity index (χ0) is 77.9. The van der Waals surface area contributed by atoms with Crippen molar-refractivity contribution in [3.8, 4) is 0 Å². The molecule has 0 bridgehead atoms. The average molecular weight is 1660 g/mol. The zero-order valence-electron chi connectivity index (χ0n) is 60.1. The number of thioether (sulfide) groups is 4. The highest BCUT2D eigenvalue weighted by Gasteiger charge is 2.57. The van der Waals surface area contributed by atoms with Crippen LogP contribution in [0.3, 0.4) is 0 Å². The van der Waals surface area contributed by atoms with Crippen molar-refractivity contribution in [2.75, 3.05) is 31.1 Å². The van der Waals surface area contributed by atoms with Gasteiger partial charge in [-0.3, -0.25) is 23.4 Å². The lowest BCUT2D eigenvalue weighted by atomic mass is 9.91. The molecule has 8 aliphatic heterocycles. The molecule has 578 valence electrons. The number of halogens is 8. The van der Waals surface area contributed by atoms with Crippen LogP contribution in [-0.2, 0) is 61.0 Å². The number of aryl methyl sites for hydroxylation is 2. The number of carbonyl (C=O) groups excluding carboxylic acids is 4. The number of carbonyl (C=O) groups is 4. The van der Waals surface area contributed by atoms with Gasteiger partial charge >= 0.3 is 0 Å². The fraction of sp³-hybridized carbons (Fsp3) is 0.325. The van der Waals surface area contributed by atoms with Crippen molar-refractivity contribution in [3.63, 3.8) is 0 Å². The summed E-state index contributed by atoms with van der Waals surface area (Å²) in [4.78, 5) is 52.9. The summed E-state index contributed by atoms with van der Waals surface area (Å²) in [6.45, 7) is 5.17. The van der Waals surface area contributed by atoms with Crippen LogP contribution in [0, 0.1) is 52.5 Å². The Kier molecular flexibility index (Phi) is 22.6. The second kappa shape index (κ2) is 31.9. The van der Waals surface area contributed by atoms with Crippen LogP contribution in [0.15, 0.2) is 174 Å². The fourth-order valence-corrected chi connectivity index (χ4v) is 27.5. The molecule has 31 heteroatoms. The molecule has 8 atom stereocenters. The summed E-state index contributed by atoms with van der Waals surface area (Å²) in [7, 11) is -2.65. The molecule has 2 N–H and O–H groups in total. The highest BCUT2D eigenvalue weighted by atomic mass is 32.2. The molecule has 2 saturated heterocycles. The third kappa shape index (κ3) is 14.8. The minimum Gasteiger partial charge on any atom is -0.316 e. The SMILES string of the molecule is C=S1(=O)CCC2(SC(c3cc(F)ccc3F)=NN2C(C)=O)c2ccccc21.C=S1CCC2(SC(c3cc(F)ccc3F)=NN2C(C)=O)c2ccccc21.O=C(C1CCCNC1)N1N=C(c2cc(F)ccc2F)SC12CCCc1sccc12.O=C([C@@H]1CCCCN1)N1N=C(c2cc(F)ccc2F)SC12CCCc1sccc12. The van der Waals surface area contributed by atoms with Gasteiger partial charge in [0.1, 0.15) is 86.2 Å². The topological polar surface area (TPSA) is 172 Å². The molecule has 4 amide bonds. The number of hydrogen-bond donors (Lipinski definition) is 2.